The van der Waals surface area contributed by atoms with E-state index in [0.717, 1.165) is 83.2 Å². The molecule has 1 heterocycles. The standard InChI is InChI=1S/C35H30N2O4S.2C9H21NO2S/c1-21-9-7-10-22(2)34(21)36-25-15-17-27-30(19-25)41-31-20-26(37-35-23(3)11-8-12-24(35)4)16-18-28(31)33(27)29-13-5-6-14-32(29)42(38,39)40;1-4-6-7-9(5-2)8-10-13(3,11)12;1-4-6-7-8(5-2)9(10)13(3,11)12/h5-20,36H,1-4H3,(H,38,39,40);9-10H,4-8H2,1-3H3;8-9H,4-7,10H2,1-3H3. The fourth-order valence-electron chi connectivity index (χ4n) is 8.17. The second kappa shape index (κ2) is 25.1. The molecule has 68 heavy (non-hydrogen) atoms. The highest BCUT2D eigenvalue weighted by Crippen LogP contribution is 2.43. The molecule has 0 fully saturated rings. The zero-order valence-electron chi connectivity index (χ0n) is 41.4. The number of para-hydroxylation sites is 2. The van der Waals surface area contributed by atoms with Crippen LogP contribution < -0.4 is 26.1 Å². The molecule has 3 unspecified atom stereocenters. The molecule has 0 bridgehead atoms. The zero-order valence-corrected chi connectivity index (χ0v) is 43.9. The molecule has 1 aliphatic carbocycles. The fourth-order valence-corrected chi connectivity index (χ4v) is 10.4. The SMILES string of the molecule is CCCCC(CC)C(N)S(C)(=O)=O.CCCCC(CC)CNS(C)(=O)=O.Cc1cccc(C)c1Nc1ccc2c(-c3ccccc3S(=O)(=O)[O-])c3ccc(=[NH+]c4c(C)cccc4C)cc-3oc2c1. The summed E-state index contributed by atoms with van der Waals surface area (Å²) in [7, 11) is -10.8. The van der Waals surface area contributed by atoms with Gasteiger partial charge in [0, 0.05) is 69.5 Å². The molecule has 4 aromatic carbocycles. The number of rotatable bonds is 18. The lowest BCUT2D eigenvalue weighted by molar-refractivity contribution is -0.403. The minimum Gasteiger partial charge on any atom is -0.744 e. The molecule has 5 N–H and O–H groups in total. The number of anilines is 2. The van der Waals surface area contributed by atoms with Crippen LogP contribution in [0.4, 0.5) is 17.1 Å². The second-order valence-electron chi connectivity index (χ2n) is 17.8. The first-order chi connectivity index (χ1) is 32.0. The maximum Gasteiger partial charge on any atom is 0.209 e. The molecule has 0 radical (unpaired) electrons. The van der Waals surface area contributed by atoms with Crippen molar-refractivity contribution in [3.63, 3.8) is 0 Å². The third kappa shape index (κ3) is 15.8. The van der Waals surface area contributed by atoms with Crippen molar-refractivity contribution in [3.8, 4) is 22.5 Å². The van der Waals surface area contributed by atoms with E-state index in [1.165, 1.54) is 31.4 Å². The Morgan fingerprint density at radius 3 is 1.85 bits per heavy atom. The average molecular weight is 989 g/mol. The van der Waals surface area contributed by atoms with Gasteiger partial charge in [-0.25, -0.2) is 35.0 Å². The van der Waals surface area contributed by atoms with Gasteiger partial charge in [0.2, 0.25) is 21.1 Å². The van der Waals surface area contributed by atoms with E-state index in [9.17, 15) is 29.8 Å². The monoisotopic (exact) mass is 988 g/mol. The summed E-state index contributed by atoms with van der Waals surface area (Å²) in [5.41, 5.74) is 15.2. The Morgan fingerprint density at radius 2 is 1.29 bits per heavy atom. The lowest BCUT2D eigenvalue weighted by atomic mass is 9.93. The van der Waals surface area contributed by atoms with Crippen LogP contribution in [-0.2, 0) is 30.0 Å². The highest BCUT2D eigenvalue weighted by Gasteiger charge is 2.25. The van der Waals surface area contributed by atoms with Crippen LogP contribution >= 0.6 is 0 Å². The first-order valence-electron chi connectivity index (χ1n) is 23.5. The van der Waals surface area contributed by atoms with E-state index in [-0.39, 0.29) is 10.8 Å². The van der Waals surface area contributed by atoms with Gasteiger partial charge >= 0.3 is 0 Å². The number of nitrogens with two attached hydrogens (primary N) is 1. The molecular formula is C53H72N4O8S3. The van der Waals surface area contributed by atoms with Crippen LogP contribution in [0.5, 0.6) is 0 Å². The molecule has 0 amide bonds. The molecule has 4 aromatic rings. The lowest BCUT2D eigenvalue weighted by Gasteiger charge is -2.20. The summed E-state index contributed by atoms with van der Waals surface area (Å²) in [5.74, 6) is 1.17. The van der Waals surface area contributed by atoms with Crippen molar-refractivity contribution in [2.45, 2.75) is 117 Å². The Hall–Kier alpha value is -4.90. The minimum atomic E-state index is -4.74. The van der Waals surface area contributed by atoms with Gasteiger partial charge in [0.05, 0.1) is 17.2 Å². The number of fused-ring (bicyclic) bond motifs is 2. The summed E-state index contributed by atoms with van der Waals surface area (Å²) < 4.78 is 90.1. The van der Waals surface area contributed by atoms with E-state index < -0.39 is 35.4 Å². The molecule has 6 rings (SSSR count). The number of sulfone groups is 1. The van der Waals surface area contributed by atoms with Gasteiger partial charge in [0.25, 0.3) is 0 Å². The summed E-state index contributed by atoms with van der Waals surface area (Å²) in [6.07, 6.45) is 10.9. The van der Waals surface area contributed by atoms with Crippen LogP contribution in [0.1, 0.15) is 101 Å². The van der Waals surface area contributed by atoms with E-state index >= 15 is 0 Å². The van der Waals surface area contributed by atoms with Crippen molar-refractivity contribution in [2.24, 2.45) is 17.6 Å². The molecule has 3 atom stereocenters. The van der Waals surface area contributed by atoms with Crippen molar-refractivity contribution < 1.29 is 39.2 Å². The normalized spacial score (nSPS) is 13.6. The number of sulfonamides is 1. The van der Waals surface area contributed by atoms with E-state index in [4.69, 9.17) is 10.2 Å². The molecule has 12 nitrogen and oxygen atoms in total. The quantitative estimate of drug-likeness (QED) is 0.0474. The Balaban J connectivity index is 0.000000319. The number of nitrogens with one attached hydrogen (secondary N) is 3. The second-order valence-corrected chi connectivity index (χ2v) is 23.2. The predicted molar refractivity (Wildman–Crippen MR) is 277 cm³/mol. The van der Waals surface area contributed by atoms with Gasteiger partial charge in [-0.2, -0.15) is 0 Å². The average Bonchev–Trinajstić information content (AvgIpc) is 3.28. The molecule has 370 valence electrons. The first-order valence-corrected chi connectivity index (χ1v) is 28.7. The van der Waals surface area contributed by atoms with Crippen molar-refractivity contribution in [1.82, 2.24) is 4.72 Å². The largest absolute Gasteiger partial charge is 0.744 e. The number of aryl methyl sites for hydroxylation is 4. The third-order valence-corrected chi connectivity index (χ3v) is 15.2. The molecule has 0 saturated heterocycles. The topological polar surface area (TPSA) is 203 Å². The van der Waals surface area contributed by atoms with Gasteiger partial charge in [-0.05, 0) is 87.8 Å². The van der Waals surface area contributed by atoms with Crippen LogP contribution in [-0.4, -0.2) is 54.2 Å². The summed E-state index contributed by atoms with van der Waals surface area (Å²) in [5, 5.41) is 4.36. The summed E-state index contributed by atoms with van der Waals surface area (Å²) >= 11 is 0. The van der Waals surface area contributed by atoms with Crippen molar-refractivity contribution in [2.75, 3.05) is 24.4 Å². The summed E-state index contributed by atoms with van der Waals surface area (Å²) in [6.45, 7) is 17.1. The van der Waals surface area contributed by atoms with Gasteiger partial charge in [-0.1, -0.05) is 121 Å². The smallest absolute Gasteiger partial charge is 0.209 e. The number of benzene rings is 5. The van der Waals surface area contributed by atoms with Crippen LogP contribution in [0.2, 0.25) is 0 Å². The van der Waals surface area contributed by atoms with Gasteiger partial charge < -0.3 is 20.0 Å². The maximum atomic E-state index is 12.3. The van der Waals surface area contributed by atoms with Crippen molar-refractivity contribution in [3.05, 3.63) is 125 Å². The molecule has 1 aliphatic heterocycles. The minimum absolute atomic E-state index is 0.120. The number of hydrogen-bond donors (Lipinski definition) is 4. The molecule has 15 heteroatoms. The molecule has 2 aliphatic rings. The number of hydrogen-bond acceptors (Lipinski definition) is 10. The van der Waals surface area contributed by atoms with E-state index in [1.54, 1.807) is 18.2 Å². The summed E-state index contributed by atoms with van der Waals surface area (Å²) in [4.78, 5) is 3.24. The highest BCUT2D eigenvalue weighted by molar-refractivity contribution is 7.91. The highest BCUT2D eigenvalue weighted by atomic mass is 32.2. The van der Waals surface area contributed by atoms with Gasteiger partial charge in [-0.15, -0.1) is 0 Å². The fraction of sp³-hybridized carbons (Fsp3) is 0.415. The van der Waals surface area contributed by atoms with E-state index in [1.807, 2.05) is 55.5 Å². The number of unbranched alkanes of at least 4 members (excludes halogenated alkanes) is 2. The van der Waals surface area contributed by atoms with Crippen molar-refractivity contribution >= 4 is 58.0 Å². The van der Waals surface area contributed by atoms with Gasteiger partial charge in [0.1, 0.15) is 26.8 Å². The van der Waals surface area contributed by atoms with Gasteiger partial charge in [0.15, 0.2) is 9.84 Å². The Bertz CT molecular complexity index is 2960. The van der Waals surface area contributed by atoms with Crippen LogP contribution in [0.15, 0.2) is 106 Å². The Kier molecular flexibility index (Phi) is 20.6. The Labute approximate surface area is 406 Å². The van der Waals surface area contributed by atoms with E-state index in [0.29, 0.717) is 45.9 Å². The molecule has 0 saturated carbocycles. The lowest BCUT2D eigenvalue weighted by Crippen LogP contribution is -2.71. The zero-order chi connectivity index (χ0) is 50.4. The maximum absolute atomic E-state index is 12.3. The van der Waals surface area contributed by atoms with Crippen LogP contribution in [0, 0.1) is 39.5 Å². The van der Waals surface area contributed by atoms with Crippen molar-refractivity contribution in [1.29, 1.82) is 0 Å². The van der Waals surface area contributed by atoms with Crippen LogP contribution in [0.25, 0.3) is 33.4 Å². The Morgan fingerprint density at radius 1 is 0.691 bits per heavy atom. The molecule has 0 spiro atoms. The predicted octanol–water partition coefficient (Wildman–Crippen LogP) is 9.68. The van der Waals surface area contributed by atoms with Gasteiger partial charge in [-0.3, -0.25) is 0 Å². The molecular weight excluding hydrogens is 917 g/mol. The summed E-state index contributed by atoms with van der Waals surface area (Å²) in [6, 6.07) is 30.1. The molecule has 0 aromatic heterocycles. The first kappa shape index (κ1) is 55.7. The third-order valence-electron chi connectivity index (χ3n) is 12.2. The van der Waals surface area contributed by atoms with E-state index in [2.05, 4.69) is 87.8 Å². The van der Waals surface area contributed by atoms with Crippen LogP contribution in [0.3, 0.4) is 0 Å².